The van der Waals surface area contributed by atoms with Crippen LogP contribution in [0.1, 0.15) is 19.4 Å². The predicted molar refractivity (Wildman–Crippen MR) is 70.6 cm³/mol. The van der Waals surface area contributed by atoms with E-state index in [1.165, 1.54) is 7.11 Å². The van der Waals surface area contributed by atoms with Gasteiger partial charge in [0.1, 0.15) is 5.82 Å². The maximum absolute atomic E-state index is 13.3. The highest BCUT2D eigenvalue weighted by molar-refractivity contribution is 5.71. The van der Waals surface area contributed by atoms with Crippen LogP contribution in [0.15, 0.2) is 18.2 Å². The summed E-state index contributed by atoms with van der Waals surface area (Å²) in [5, 5.41) is 10.9. The van der Waals surface area contributed by atoms with Crippen molar-refractivity contribution in [2.75, 3.05) is 13.7 Å². The molecule has 0 aliphatic rings. The summed E-state index contributed by atoms with van der Waals surface area (Å²) >= 11 is 0. The number of hydrogen-bond donors (Lipinski definition) is 0. The van der Waals surface area contributed by atoms with E-state index in [2.05, 4.69) is 4.74 Å². The highest BCUT2D eigenvalue weighted by atomic mass is 19.1. The van der Waals surface area contributed by atoms with Gasteiger partial charge >= 0.3 is 5.97 Å². The summed E-state index contributed by atoms with van der Waals surface area (Å²) in [6, 6.07) is 3.24. The van der Waals surface area contributed by atoms with E-state index in [4.69, 9.17) is 0 Å². The predicted octanol–water partition coefficient (Wildman–Crippen LogP) is 2.12. The summed E-state index contributed by atoms with van der Waals surface area (Å²) in [5.41, 5.74) is 0.0644. The van der Waals surface area contributed by atoms with Crippen LogP contribution >= 0.6 is 0 Å². The number of nitro groups is 1. The smallest absolute Gasteiger partial charge is 0.319 e. The molecule has 0 amide bonds. The zero-order valence-corrected chi connectivity index (χ0v) is 11.6. The highest BCUT2D eigenvalue weighted by Gasteiger charge is 2.21. The zero-order valence-electron chi connectivity index (χ0n) is 11.6. The third kappa shape index (κ3) is 4.27. The van der Waals surface area contributed by atoms with Gasteiger partial charge in [0.25, 0.3) is 5.69 Å². The summed E-state index contributed by atoms with van der Waals surface area (Å²) < 4.78 is 17.8. The van der Waals surface area contributed by atoms with Crippen molar-refractivity contribution < 1.29 is 18.8 Å². The van der Waals surface area contributed by atoms with E-state index in [1.807, 2.05) is 13.8 Å². The van der Waals surface area contributed by atoms with Gasteiger partial charge in [0.05, 0.1) is 18.6 Å². The molecule has 0 aliphatic heterocycles. The Morgan fingerprint density at radius 3 is 2.65 bits per heavy atom. The number of carbonyl (C=O) groups is 1. The third-order valence-electron chi connectivity index (χ3n) is 2.90. The minimum atomic E-state index is -0.564. The molecule has 6 nitrogen and oxygen atoms in total. The summed E-state index contributed by atoms with van der Waals surface area (Å²) in [7, 11) is 1.27. The Morgan fingerprint density at radius 1 is 1.50 bits per heavy atom. The number of carbonyl (C=O) groups excluding carboxylic acids is 1. The first-order valence-corrected chi connectivity index (χ1v) is 6.08. The lowest BCUT2D eigenvalue weighted by Crippen LogP contribution is -2.35. The van der Waals surface area contributed by atoms with Gasteiger partial charge in [-0.3, -0.25) is 19.8 Å². The molecule has 0 bridgehead atoms. The molecule has 20 heavy (non-hydrogen) atoms. The average molecular weight is 284 g/mol. The van der Waals surface area contributed by atoms with Crippen molar-refractivity contribution in [2.45, 2.75) is 26.4 Å². The van der Waals surface area contributed by atoms with E-state index in [1.54, 1.807) is 4.90 Å². The van der Waals surface area contributed by atoms with Crippen LogP contribution in [0.5, 0.6) is 0 Å². The van der Waals surface area contributed by atoms with Crippen LogP contribution in [0.4, 0.5) is 10.1 Å². The van der Waals surface area contributed by atoms with Gasteiger partial charge in [-0.25, -0.2) is 4.39 Å². The van der Waals surface area contributed by atoms with Gasteiger partial charge in [-0.2, -0.15) is 0 Å². The Hall–Kier alpha value is -2.02. The number of ether oxygens (including phenoxy) is 1. The Balaban J connectivity index is 3.01. The standard InChI is InChI=1S/C13H17FN2O4/c1-9(2)15(8-13(17)20-3)7-10-6-11(14)4-5-12(10)16(18)19/h4-6,9H,7-8H2,1-3H3. The first-order valence-electron chi connectivity index (χ1n) is 6.08. The number of halogens is 1. The molecule has 1 aromatic rings. The zero-order chi connectivity index (χ0) is 15.3. The van der Waals surface area contributed by atoms with Gasteiger partial charge in [-0.15, -0.1) is 0 Å². The molecule has 0 saturated heterocycles. The first-order chi connectivity index (χ1) is 9.35. The number of rotatable bonds is 6. The van der Waals surface area contributed by atoms with E-state index in [-0.39, 0.29) is 30.4 Å². The molecule has 0 N–H and O–H groups in total. The van der Waals surface area contributed by atoms with E-state index in [0.29, 0.717) is 0 Å². The van der Waals surface area contributed by atoms with Crippen molar-refractivity contribution in [3.8, 4) is 0 Å². The van der Waals surface area contributed by atoms with Gasteiger partial charge in [-0.05, 0) is 26.0 Å². The topological polar surface area (TPSA) is 72.7 Å². The summed E-state index contributed by atoms with van der Waals surface area (Å²) in [6.07, 6.45) is 0. The normalized spacial score (nSPS) is 10.9. The van der Waals surface area contributed by atoms with Gasteiger partial charge in [0, 0.05) is 24.2 Å². The number of hydrogen-bond acceptors (Lipinski definition) is 5. The molecule has 0 heterocycles. The number of benzene rings is 1. The second kappa shape index (κ2) is 6.95. The van der Waals surface area contributed by atoms with E-state index >= 15 is 0 Å². The van der Waals surface area contributed by atoms with Gasteiger partial charge in [0.2, 0.25) is 0 Å². The van der Waals surface area contributed by atoms with Crippen LogP contribution in [0.2, 0.25) is 0 Å². The molecule has 0 aromatic heterocycles. The van der Waals surface area contributed by atoms with Crippen LogP contribution in [0.3, 0.4) is 0 Å². The van der Waals surface area contributed by atoms with Gasteiger partial charge < -0.3 is 4.74 Å². The van der Waals surface area contributed by atoms with Gasteiger partial charge in [-0.1, -0.05) is 0 Å². The second-order valence-electron chi connectivity index (χ2n) is 4.61. The summed E-state index contributed by atoms with van der Waals surface area (Å²) in [4.78, 5) is 23.4. The Morgan fingerprint density at radius 2 is 2.15 bits per heavy atom. The fraction of sp³-hybridized carbons (Fsp3) is 0.462. The Kier molecular flexibility index (Phi) is 5.57. The molecule has 110 valence electrons. The van der Waals surface area contributed by atoms with Gasteiger partial charge in [0.15, 0.2) is 0 Å². The minimum absolute atomic E-state index is 0.0121. The lowest BCUT2D eigenvalue weighted by Gasteiger charge is -2.25. The first kappa shape index (κ1) is 16.0. The van der Waals surface area contributed by atoms with Crippen molar-refractivity contribution in [3.63, 3.8) is 0 Å². The summed E-state index contributed by atoms with van der Waals surface area (Å²) in [5.74, 6) is -0.995. The molecule has 1 rings (SSSR count). The summed E-state index contributed by atoms with van der Waals surface area (Å²) in [6.45, 7) is 3.77. The number of methoxy groups -OCH3 is 1. The largest absolute Gasteiger partial charge is 0.468 e. The van der Waals surface area contributed by atoms with Crippen LogP contribution < -0.4 is 0 Å². The molecular weight excluding hydrogens is 267 g/mol. The SMILES string of the molecule is COC(=O)CN(Cc1cc(F)ccc1[N+](=O)[O-])C(C)C. The minimum Gasteiger partial charge on any atom is -0.468 e. The molecule has 0 saturated carbocycles. The lowest BCUT2D eigenvalue weighted by atomic mass is 10.1. The highest BCUT2D eigenvalue weighted by Crippen LogP contribution is 2.22. The molecule has 1 aromatic carbocycles. The van der Waals surface area contributed by atoms with Crippen LogP contribution in [-0.4, -0.2) is 35.5 Å². The molecule has 0 spiro atoms. The fourth-order valence-corrected chi connectivity index (χ4v) is 1.73. The van der Waals surface area contributed by atoms with Crippen LogP contribution in [-0.2, 0) is 16.1 Å². The maximum Gasteiger partial charge on any atom is 0.319 e. The monoisotopic (exact) mass is 284 g/mol. The van der Waals surface area contributed by atoms with Crippen molar-refractivity contribution in [2.24, 2.45) is 0 Å². The molecule has 7 heteroatoms. The van der Waals surface area contributed by atoms with E-state index in [0.717, 1.165) is 18.2 Å². The molecule has 0 atom stereocenters. The average Bonchev–Trinajstić information content (AvgIpc) is 2.37. The van der Waals surface area contributed by atoms with E-state index < -0.39 is 16.7 Å². The Bertz CT molecular complexity index is 505. The maximum atomic E-state index is 13.3. The molecule has 0 radical (unpaired) electrons. The molecule has 0 fully saturated rings. The second-order valence-corrected chi connectivity index (χ2v) is 4.61. The molecular formula is C13H17FN2O4. The van der Waals surface area contributed by atoms with E-state index in [9.17, 15) is 19.3 Å². The lowest BCUT2D eigenvalue weighted by molar-refractivity contribution is -0.385. The van der Waals surface area contributed by atoms with Crippen LogP contribution in [0.25, 0.3) is 0 Å². The Labute approximate surface area is 116 Å². The quantitative estimate of drug-likeness (QED) is 0.454. The molecule has 0 unspecified atom stereocenters. The number of esters is 1. The number of nitrogens with zero attached hydrogens (tertiary/aromatic N) is 2. The van der Waals surface area contributed by atoms with Crippen molar-refractivity contribution in [3.05, 3.63) is 39.7 Å². The fourth-order valence-electron chi connectivity index (χ4n) is 1.73. The van der Waals surface area contributed by atoms with Crippen molar-refractivity contribution in [1.29, 1.82) is 0 Å². The number of nitro benzene ring substituents is 1. The molecule has 0 aliphatic carbocycles. The van der Waals surface area contributed by atoms with Crippen LogP contribution in [0, 0.1) is 15.9 Å². The third-order valence-corrected chi connectivity index (χ3v) is 2.90. The van der Waals surface area contributed by atoms with Crippen molar-refractivity contribution in [1.82, 2.24) is 4.90 Å². The van der Waals surface area contributed by atoms with Crippen molar-refractivity contribution >= 4 is 11.7 Å².